The normalized spacial score (nSPS) is 20.0. The smallest absolute Gasteiger partial charge is 0.258 e. The Kier molecular flexibility index (Phi) is 5.09. The van der Waals surface area contributed by atoms with E-state index in [1.807, 2.05) is 53.1 Å². The van der Waals surface area contributed by atoms with E-state index in [4.69, 9.17) is 10.00 Å². The van der Waals surface area contributed by atoms with Crippen molar-refractivity contribution in [3.05, 3.63) is 87.8 Å². The van der Waals surface area contributed by atoms with Crippen LogP contribution in [-0.4, -0.2) is 29.7 Å². The summed E-state index contributed by atoms with van der Waals surface area (Å²) < 4.78 is 7.24. The number of rotatable bonds is 4. The highest BCUT2D eigenvalue weighted by atomic mass is 16.5. The van der Waals surface area contributed by atoms with Gasteiger partial charge in [-0.2, -0.15) is 5.26 Å². The molecule has 31 heavy (non-hydrogen) atoms. The second-order valence-corrected chi connectivity index (χ2v) is 8.62. The second-order valence-electron chi connectivity index (χ2n) is 8.62. The molecule has 2 aliphatic heterocycles. The van der Waals surface area contributed by atoms with Gasteiger partial charge in [0.05, 0.1) is 18.7 Å². The van der Waals surface area contributed by atoms with Gasteiger partial charge in [-0.25, -0.2) is 0 Å². The van der Waals surface area contributed by atoms with Gasteiger partial charge >= 0.3 is 0 Å². The molecule has 0 spiro atoms. The van der Waals surface area contributed by atoms with Gasteiger partial charge in [0.1, 0.15) is 5.75 Å². The highest BCUT2D eigenvalue weighted by Gasteiger charge is 2.35. The van der Waals surface area contributed by atoms with Crippen molar-refractivity contribution in [1.82, 2.24) is 9.47 Å². The van der Waals surface area contributed by atoms with Gasteiger partial charge in [0, 0.05) is 43.4 Å². The third kappa shape index (κ3) is 3.75. The molecule has 5 rings (SSSR count). The summed E-state index contributed by atoms with van der Waals surface area (Å²) >= 11 is 0. The summed E-state index contributed by atoms with van der Waals surface area (Å²) in [5.41, 5.74) is 4.80. The number of fused-ring (bicyclic) bond motifs is 4. The Hall–Kier alpha value is -3.36. The lowest BCUT2D eigenvalue weighted by Crippen LogP contribution is -2.46. The van der Waals surface area contributed by atoms with E-state index in [1.165, 1.54) is 5.56 Å². The van der Waals surface area contributed by atoms with Crippen molar-refractivity contribution < 1.29 is 4.74 Å². The molecular weight excluding hydrogens is 386 g/mol. The number of benzene rings is 2. The lowest BCUT2D eigenvalue weighted by Gasteiger charge is -2.43. The Morgan fingerprint density at radius 3 is 2.68 bits per heavy atom. The summed E-state index contributed by atoms with van der Waals surface area (Å²) in [7, 11) is 1.64. The number of nitrogens with zero attached hydrogens (tertiary/aromatic N) is 3. The fourth-order valence-electron chi connectivity index (χ4n) is 5.16. The first-order chi connectivity index (χ1) is 15.1. The van der Waals surface area contributed by atoms with Crippen LogP contribution in [0.4, 0.5) is 0 Å². The van der Waals surface area contributed by atoms with E-state index in [-0.39, 0.29) is 5.56 Å². The molecule has 2 atom stereocenters. The summed E-state index contributed by atoms with van der Waals surface area (Å²) in [6.45, 7) is 3.53. The van der Waals surface area contributed by atoms with Crippen LogP contribution >= 0.6 is 0 Å². The van der Waals surface area contributed by atoms with E-state index in [2.05, 4.69) is 23.1 Å². The number of methoxy groups -OCH3 is 1. The van der Waals surface area contributed by atoms with Gasteiger partial charge in [-0.3, -0.25) is 9.69 Å². The molecule has 0 saturated carbocycles. The van der Waals surface area contributed by atoms with Gasteiger partial charge < -0.3 is 9.30 Å². The minimum atomic E-state index is 0.104. The standard InChI is InChI=1S/C26H25N3O2/c1-31-23-7-5-21(6-8-23)24-9-10-25-22-12-20(16-29(25)26(24)30)15-28(17-22)14-19-4-2-3-18(11-19)13-27/h2-11,20,22H,12,14-17H2,1H3/t20-,22+/m0/s1. The highest BCUT2D eigenvalue weighted by molar-refractivity contribution is 5.63. The number of aromatic nitrogens is 1. The minimum absolute atomic E-state index is 0.104. The quantitative estimate of drug-likeness (QED) is 0.651. The van der Waals surface area contributed by atoms with Crippen molar-refractivity contribution >= 4 is 0 Å². The Morgan fingerprint density at radius 2 is 1.90 bits per heavy atom. The van der Waals surface area contributed by atoms with Crippen molar-refractivity contribution in [1.29, 1.82) is 5.26 Å². The molecule has 0 amide bonds. The Balaban J connectivity index is 1.40. The zero-order valence-electron chi connectivity index (χ0n) is 17.6. The first-order valence-electron chi connectivity index (χ1n) is 10.7. The minimum Gasteiger partial charge on any atom is -0.497 e. The van der Waals surface area contributed by atoms with Crippen LogP contribution in [0.5, 0.6) is 5.75 Å². The molecule has 2 aliphatic rings. The molecule has 2 aromatic carbocycles. The lowest BCUT2D eigenvalue weighted by molar-refractivity contribution is 0.114. The zero-order chi connectivity index (χ0) is 21.4. The highest BCUT2D eigenvalue weighted by Crippen LogP contribution is 2.36. The van der Waals surface area contributed by atoms with Crippen LogP contribution in [0.2, 0.25) is 0 Å². The maximum atomic E-state index is 13.3. The fourth-order valence-corrected chi connectivity index (χ4v) is 5.16. The number of hydrogen-bond donors (Lipinski definition) is 0. The molecule has 0 unspecified atom stereocenters. The van der Waals surface area contributed by atoms with Crippen molar-refractivity contribution in [2.24, 2.45) is 5.92 Å². The van der Waals surface area contributed by atoms with Crippen LogP contribution in [-0.2, 0) is 13.1 Å². The van der Waals surface area contributed by atoms with Crippen LogP contribution in [0.1, 0.15) is 29.2 Å². The molecule has 1 saturated heterocycles. The van der Waals surface area contributed by atoms with E-state index in [1.54, 1.807) is 7.11 Å². The van der Waals surface area contributed by atoms with Crippen molar-refractivity contribution in [2.45, 2.75) is 25.4 Å². The average molecular weight is 412 g/mol. The summed E-state index contributed by atoms with van der Waals surface area (Å²) in [5.74, 6) is 1.62. The molecule has 3 heterocycles. The summed E-state index contributed by atoms with van der Waals surface area (Å²) in [6, 6.07) is 21.9. The number of pyridine rings is 1. The van der Waals surface area contributed by atoms with Crippen LogP contribution < -0.4 is 10.3 Å². The zero-order valence-corrected chi connectivity index (χ0v) is 17.6. The summed E-state index contributed by atoms with van der Waals surface area (Å²) in [4.78, 5) is 15.8. The van der Waals surface area contributed by atoms with Gasteiger partial charge in [-0.05, 0) is 59.9 Å². The maximum Gasteiger partial charge on any atom is 0.258 e. The SMILES string of the molecule is COc1ccc(-c2ccc3n(c2=O)C[C@H]2C[C@@H]3CN(Cc3cccc(C#N)c3)C2)cc1. The Bertz CT molecular complexity index is 1210. The van der Waals surface area contributed by atoms with E-state index >= 15 is 0 Å². The van der Waals surface area contributed by atoms with E-state index in [9.17, 15) is 4.79 Å². The van der Waals surface area contributed by atoms with E-state index in [0.717, 1.165) is 55.2 Å². The van der Waals surface area contributed by atoms with Gasteiger partial charge in [0.25, 0.3) is 5.56 Å². The van der Waals surface area contributed by atoms with E-state index in [0.29, 0.717) is 17.4 Å². The molecule has 5 heteroatoms. The topological polar surface area (TPSA) is 58.3 Å². The third-order valence-electron chi connectivity index (χ3n) is 6.54. The fraction of sp³-hybridized carbons (Fsp3) is 0.308. The predicted molar refractivity (Wildman–Crippen MR) is 120 cm³/mol. The first kappa shape index (κ1) is 19.6. The molecule has 3 aromatic rings. The average Bonchev–Trinajstić information content (AvgIpc) is 2.80. The van der Waals surface area contributed by atoms with Gasteiger partial charge in [0.15, 0.2) is 0 Å². The summed E-state index contributed by atoms with van der Waals surface area (Å²) in [6.07, 6.45) is 1.13. The molecule has 0 aliphatic carbocycles. The van der Waals surface area contributed by atoms with Crippen LogP contribution in [0.15, 0.2) is 65.5 Å². The molecule has 0 N–H and O–H groups in total. The van der Waals surface area contributed by atoms with Gasteiger partial charge in [-0.1, -0.05) is 24.3 Å². The predicted octanol–water partition coefficient (Wildman–Crippen LogP) is 4.01. The molecule has 1 aromatic heterocycles. The molecule has 1 fully saturated rings. The van der Waals surface area contributed by atoms with Crippen molar-refractivity contribution in [2.75, 3.05) is 20.2 Å². The van der Waals surface area contributed by atoms with Crippen molar-refractivity contribution in [3.63, 3.8) is 0 Å². The summed E-state index contributed by atoms with van der Waals surface area (Å²) in [5, 5.41) is 9.16. The molecule has 5 nitrogen and oxygen atoms in total. The molecular formula is C26H25N3O2. The van der Waals surface area contributed by atoms with Crippen molar-refractivity contribution in [3.8, 4) is 22.9 Å². The van der Waals surface area contributed by atoms with Crippen LogP contribution in [0.3, 0.4) is 0 Å². The molecule has 156 valence electrons. The second kappa shape index (κ2) is 8.05. The largest absolute Gasteiger partial charge is 0.497 e. The Labute approximate surface area is 182 Å². The number of nitriles is 1. The number of hydrogen-bond acceptors (Lipinski definition) is 4. The number of ether oxygens (including phenoxy) is 1. The number of piperidine rings is 1. The first-order valence-corrected chi connectivity index (χ1v) is 10.7. The molecule has 2 bridgehead atoms. The molecule has 0 radical (unpaired) electrons. The van der Waals surface area contributed by atoms with E-state index < -0.39 is 0 Å². The third-order valence-corrected chi connectivity index (χ3v) is 6.54. The monoisotopic (exact) mass is 411 g/mol. The van der Waals surface area contributed by atoms with Crippen LogP contribution in [0, 0.1) is 17.2 Å². The lowest BCUT2D eigenvalue weighted by atomic mass is 9.82. The van der Waals surface area contributed by atoms with Crippen LogP contribution in [0.25, 0.3) is 11.1 Å². The Morgan fingerprint density at radius 1 is 1.06 bits per heavy atom. The number of likely N-dealkylation sites (tertiary alicyclic amines) is 1. The maximum absolute atomic E-state index is 13.3. The van der Waals surface area contributed by atoms with Gasteiger partial charge in [0.2, 0.25) is 0 Å². The van der Waals surface area contributed by atoms with Gasteiger partial charge in [-0.15, -0.1) is 0 Å².